The van der Waals surface area contributed by atoms with E-state index in [4.69, 9.17) is 11.6 Å². The highest BCUT2D eigenvalue weighted by Crippen LogP contribution is 2.31. The summed E-state index contributed by atoms with van der Waals surface area (Å²) < 4.78 is 0. The first kappa shape index (κ1) is 16.9. The number of azo groups is 1. The molecule has 0 unspecified atom stereocenters. The van der Waals surface area contributed by atoms with Crippen LogP contribution in [0.2, 0.25) is 5.02 Å². The monoisotopic (exact) mass is 332 g/mol. The molecule has 0 fully saturated rings. The molecule has 0 aliphatic rings. The number of nitrogens with zero attached hydrogens (tertiary/aromatic N) is 4. The van der Waals surface area contributed by atoms with E-state index in [0.717, 1.165) is 18.8 Å². The molecule has 0 aromatic heterocycles. The van der Waals surface area contributed by atoms with E-state index >= 15 is 0 Å². The van der Waals surface area contributed by atoms with Crippen LogP contribution in [-0.4, -0.2) is 18.0 Å². The summed E-state index contributed by atoms with van der Waals surface area (Å²) in [5, 5.41) is 19.3. The minimum atomic E-state index is -0.524. The van der Waals surface area contributed by atoms with E-state index in [2.05, 4.69) is 29.0 Å². The number of halogens is 1. The second kappa shape index (κ2) is 7.69. The molecular formula is C16H17ClN4O2. The fourth-order valence-electron chi connectivity index (χ4n) is 2.16. The first-order chi connectivity index (χ1) is 11.0. The molecule has 23 heavy (non-hydrogen) atoms. The Morgan fingerprint density at radius 3 is 2.30 bits per heavy atom. The molecule has 0 aliphatic heterocycles. The van der Waals surface area contributed by atoms with E-state index in [1.165, 1.54) is 12.1 Å². The number of hydrogen-bond acceptors (Lipinski definition) is 5. The highest BCUT2D eigenvalue weighted by Gasteiger charge is 2.13. The predicted molar refractivity (Wildman–Crippen MR) is 92.3 cm³/mol. The van der Waals surface area contributed by atoms with Gasteiger partial charge in [-0.15, -0.1) is 5.11 Å². The smallest absolute Gasteiger partial charge is 0.298 e. The van der Waals surface area contributed by atoms with E-state index < -0.39 is 4.92 Å². The molecule has 2 aromatic carbocycles. The standard InChI is InChI=1S/C16H17ClN4O2/c1-3-20(4-2)14-8-6-13(7-9-14)18-19-15-10-5-12(17)11-16(15)21(22)23/h5-11H,3-4H2,1-2H3. The molecule has 2 rings (SSSR count). The topological polar surface area (TPSA) is 71.1 Å². The minimum absolute atomic E-state index is 0.166. The number of nitro groups is 1. The summed E-state index contributed by atoms with van der Waals surface area (Å²) in [6.07, 6.45) is 0. The highest BCUT2D eigenvalue weighted by molar-refractivity contribution is 6.30. The molecule has 0 atom stereocenters. The molecule has 0 saturated carbocycles. The molecule has 7 heteroatoms. The highest BCUT2D eigenvalue weighted by atomic mass is 35.5. The maximum absolute atomic E-state index is 11.0. The molecule has 0 radical (unpaired) electrons. The van der Waals surface area contributed by atoms with Gasteiger partial charge in [0.2, 0.25) is 0 Å². The van der Waals surface area contributed by atoms with Gasteiger partial charge in [0.25, 0.3) is 5.69 Å². The Balaban J connectivity index is 2.22. The van der Waals surface area contributed by atoms with E-state index in [1.807, 2.05) is 24.3 Å². The first-order valence-electron chi connectivity index (χ1n) is 7.25. The van der Waals surface area contributed by atoms with Crippen molar-refractivity contribution in [3.05, 3.63) is 57.6 Å². The Morgan fingerprint density at radius 1 is 1.09 bits per heavy atom. The molecule has 0 N–H and O–H groups in total. The predicted octanol–water partition coefficient (Wildman–Crippen LogP) is 5.51. The lowest BCUT2D eigenvalue weighted by atomic mass is 10.2. The van der Waals surface area contributed by atoms with E-state index in [-0.39, 0.29) is 11.4 Å². The maximum Gasteiger partial charge on any atom is 0.298 e. The SMILES string of the molecule is CCN(CC)c1ccc(N=Nc2ccc(Cl)cc2[N+](=O)[O-])cc1. The van der Waals surface area contributed by atoms with Crippen molar-refractivity contribution in [2.75, 3.05) is 18.0 Å². The Hall–Kier alpha value is -2.47. The average Bonchev–Trinajstić information content (AvgIpc) is 2.56. The van der Waals surface area contributed by atoms with Gasteiger partial charge in [-0.25, -0.2) is 0 Å². The summed E-state index contributed by atoms with van der Waals surface area (Å²) in [5.74, 6) is 0. The number of anilines is 1. The summed E-state index contributed by atoms with van der Waals surface area (Å²) in [5.41, 5.74) is 1.74. The minimum Gasteiger partial charge on any atom is -0.372 e. The van der Waals surface area contributed by atoms with Crippen LogP contribution in [0.5, 0.6) is 0 Å². The Morgan fingerprint density at radius 2 is 1.74 bits per heavy atom. The molecule has 120 valence electrons. The summed E-state index contributed by atoms with van der Waals surface area (Å²) >= 11 is 5.77. The molecular weight excluding hydrogens is 316 g/mol. The first-order valence-corrected chi connectivity index (χ1v) is 7.63. The van der Waals surface area contributed by atoms with Crippen molar-refractivity contribution >= 4 is 34.4 Å². The molecule has 0 heterocycles. The normalized spacial score (nSPS) is 10.9. The van der Waals surface area contributed by atoms with E-state index in [0.29, 0.717) is 10.7 Å². The Kier molecular flexibility index (Phi) is 5.65. The molecule has 6 nitrogen and oxygen atoms in total. The fourth-order valence-corrected chi connectivity index (χ4v) is 2.32. The van der Waals surface area contributed by atoms with Crippen molar-refractivity contribution in [3.63, 3.8) is 0 Å². The van der Waals surface area contributed by atoms with Crippen LogP contribution in [0.3, 0.4) is 0 Å². The molecule has 0 saturated heterocycles. The number of rotatable bonds is 6. The van der Waals surface area contributed by atoms with Gasteiger partial charge in [-0.1, -0.05) is 11.6 Å². The molecule has 0 spiro atoms. The van der Waals surface area contributed by atoms with Crippen molar-refractivity contribution in [1.82, 2.24) is 0 Å². The third-order valence-corrected chi connectivity index (χ3v) is 3.62. The lowest BCUT2D eigenvalue weighted by Gasteiger charge is -2.20. The molecule has 0 bridgehead atoms. The van der Waals surface area contributed by atoms with Crippen LogP contribution < -0.4 is 4.90 Å². The summed E-state index contributed by atoms with van der Waals surface area (Å²) in [4.78, 5) is 12.7. The lowest BCUT2D eigenvalue weighted by Crippen LogP contribution is -2.21. The van der Waals surface area contributed by atoms with Gasteiger partial charge in [0, 0.05) is 29.9 Å². The molecule has 2 aromatic rings. The lowest BCUT2D eigenvalue weighted by molar-refractivity contribution is -0.384. The Labute approximate surface area is 139 Å². The van der Waals surface area contributed by atoms with Crippen molar-refractivity contribution < 1.29 is 4.92 Å². The second-order valence-corrected chi connectivity index (χ2v) is 5.22. The Bertz CT molecular complexity index is 713. The van der Waals surface area contributed by atoms with Crippen LogP contribution in [0.25, 0.3) is 0 Å². The van der Waals surface area contributed by atoms with Gasteiger partial charge >= 0.3 is 0 Å². The fraction of sp³-hybridized carbons (Fsp3) is 0.250. The molecule has 0 amide bonds. The van der Waals surface area contributed by atoms with Crippen LogP contribution in [0.1, 0.15) is 13.8 Å². The number of hydrogen-bond donors (Lipinski definition) is 0. The molecule has 0 aliphatic carbocycles. The van der Waals surface area contributed by atoms with Crippen LogP contribution in [-0.2, 0) is 0 Å². The van der Waals surface area contributed by atoms with Gasteiger partial charge in [0.1, 0.15) is 0 Å². The van der Waals surface area contributed by atoms with Crippen molar-refractivity contribution in [2.45, 2.75) is 13.8 Å². The van der Waals surface area contributed by atoms with E-state index in [9.17, 15) is 10.1 Å². The van der Waals surface area contributed by atoms with E-state index in [1.54, 1.807) is 6.07 Å². The van der Waals surface area contributed by atoms with Crippen LogP contribution in [0.15, 0.2) is 52.7 Å². The zero-order valence-electron chi connectivity index (χ0n) is 12.9. The van der Waals surface area contributed by atoms with Gasteiger partial charge in [0.05, 0.1) is 10.6 Å². The largest absolute Gasteiger partial charge is 0.372 e. The van der Waals surface area contributed by atoms with Gasteiger partial charge in [-0.3, -0.25) is 10.1 Å². The summed E-state index contributed by atoms with van der Waals surface area (Å²) in [6, 6.07) is 11.9. The van der Waals surface area contributed by atoms with Gasteiger partial charge in [0.15, 0.2) is 5.69 Å². The summed E-state index contributed by atoms with van der Waals surface area (Å²) in [7, 11) is 0. The number of nitro benzene ring substituents is 1. The van der Waals surface area contributed by atoms with Crippen molar-refractivity contribution in [2.24, 2.45) is 10.2 Å². The number of benzene rings is 2. The van der Waals surface area contributed by atoms with Crippen LogP contribution >= 0.6 is 11.6 Å². The second-order valence-electron chi connectivity index (χ2n) is 4.78. The van der Waals surface area contributed by atoms with Crippen LogP contribution in [0, 0.1) is 10.1 Å². The third kappa shape index (κ3) is 4.26. The van der Waals surface area contributed by atoms with Gasteiger partial charge < -0.3 is 4.90 Å². The quantitative estimate of drug-likeness (QED) is 0.398. The zero-order chi connectivity index (χ0) is 16.8. The third-order valence-electron chi connectivity index (χ3n) is 3.39. The van der Waals surface area contributed by atoms with Crippen LogP contribution in [0.4, 0.5) is 22.7 Å². The average molecular weight is 333 g/mol. The zero-order valence-corrected chi connectivity index (χ0v) is 13.7. The van der Waals surface area contributed by atoms with Gasteiger partial charge in [-0.2, -0.15) is 5.11 Å². The summed E-state index contributed by atoms with van der Waals surface area (Å²) in [6.45, 7) is 6.04. The van der Waals surface area contributed by atoms with Gasteiger partial charge in [-0.05, 0) is 50.2 Å². The van der Waals surface area contributed by atoms with Crippen molar-refractivity contribution in [3.8, 4) is 0 Å². The maximum atomic E-state index is 11.0. The van der Waals surface area contributed by atoms with Crippen molar-refractivity contribution in [1.29, 1.82) is 0 Å².